The molecule has 1 saturated heterocycles. The van der Waals surface area contributed by atoms with Crippen LogP contribution in [-0.4, -0.2) is 53.0 Å². The fourth-order valence-corrected chi connectivity index (χ4v) is 4.49. The van der Waals surface area contributed by atoms with Crippen molar-refractivity contribution >= 4 is 5.91 Å². The third-order valence-electron chi connectivity index (χ3n) is 6.13. The van der Waals surface area contributed by atoms with Crippen LogP contribution in [0.2, 0.25) is 0 Å². The minimum atomic E-state index is 0.180. The molecule has 144 valence electrons. The van der Waals surface area contributed by atoms with Crippen molar-refractivity contribution < 1.29 is 4.79 Å². The highest BCUT2D eigenvalue weighted by atomic mass is 16.2. The van der Waals surface area contributed by atoms with Crippen LogP contribution in [0.15, 0.2) is 48.8 Å². The van der Waals surface area contributed by atoms with Gasteiger partial charge < -0.3 is 9.47 Å². The molecule has 2 heterocycles. The summed E-state index contributed by atoms with van der Waals surface area (Å²) in [6.45, 7) is 5.84. The number of carbonyl (C=O) groups excluding carboxylic acids is 1. The van der Waals surface area contributed by atoms with Crippen LogP contribution in [-0.2, 0) is 6.54 Å². The van der Waals surface area contributed by atoms with Gasteiger partial charge in [-0.3, -0.25) is 9.69 Å². The molecule has 4 nitrogen and oxygen atoms in total. The van der Waals surface area contributed by atoms with E-state index in [0.717, 1.165) is 44.2 Å². The summed E-state index contributed by atoms with van der Waals surface area (Å²) in [5.41, 5.74) is 2.03. The van der Waals surface area contributed by atoms with Crippen LogP contribution in [0.3, 0.4) is 0 Å². The lowest BCUT2D eigenvalue weighted by Crippen LogP contribution is -2.49. The summed E-state index contributed by atoms with van der Waals surface area (Å²) in [5, 5.41) is 0. The zero-order valence-corrected chi connectivity index (χ0v) is 16.2. The molecule has 0 radical (unpaired) electrons. The van der Waals surface area contributed by atoms with E-state index < -0.39 is 0 Å². The number of hydrogen-bond donors (Lipinski definition) is 0. The Labute approximate surface area is 162 Å². The second kappa shape index (κ2) is 8.75. The number of rotatable bonds is 5. The normalized spacial score (nSPS) is 19.3. The second-order valence-electron chi connectivity index (χ2n) is 8.15. The Balaban J connectivity index is 1.27. The average molecular weight is 366 g/mol. The number of nitrogens with zero attached hydrogens (tertiary/aromatic N) is 3. The van der Waals surface area contributed by atoms with Crippen LogP contribution < -0.4 is 0 Å². The van der Waals surface area contributed by atoms with Gasteiger partial charge in [0.25, 0.3) is 5.91 Å². The number of benzene rings is 1. The molecule has 2 fully saturated rings. The Kier molecular flexibility index (Phi) is 5.93. The van der Waals surface area contributed by atoms with Crippen molar-refractivity contribution in [2.24, 2.45) is 5.92 Å². The quantitative estimate of drug-likeness (QED) is 0.805. The average Bonchev–Trinajstić information content (AvgIpc) is 3.22. The standard InChI is InChI=1S/C23H31N3O/c27-23(22-10-8-21(9-11-22)19-24-12-4-5-13-24)26-16-14-25(15-17-26)18-20-6-2-1-3-7-20/h4-5,8-13,20H,1-3,6-7,14-19H2. The van der Waals surface area contributed by atoms with Crippen LogP contribution >= 0.6 is 0 Å². The van der Waals surface area contributed by atoms with Crippen LogP contribution in [0, 0.1) is 5.92 Å². The van der Waals surface area contributed by atoms with E-state index >= 15 is 0 Å². The Bertz CT molecular complexity index is 709. The van der Waals surface area contributed by atoms with E-state index in [4.69, 9.17) is 0 Å². The number of amides is 1. The first-order valence-electron chi connectivity index (χ1n) is 10.5. The third kappa shape index (κ3) is 4.81. The van der Waals surface area contributed by atoms with E-state index in [0.29, 0.717) is 0 Å². The molecule has 1 saturated carbocycles. The Morgan fingerprint density at radius 3 is 2.22 bits per heavy atom. The predicted molar refractivity (Wildman–Crippen MR) is 109 cm³/mol. The SMILES string of the molecule is O=C(c1ccc(Cn2cccc2)cc1)N1CCN(CC2CCCCC2)CC1. The lowest BCUT2D eigenvalue weighted by Gasteiger charge is -2.37. The molecular weight excluding hydrogens is 334 g/mol. The summed E-state index contributed by atoms with van der Waals surface area (Å²) in [6.07, 6.45) is 11.1. The second-order valence-corrected chi connectivity index (χ2v) is 8.15. The lowest BCUT2D eigenvalue weighted by molar-refractivity contribution is 0.0606. The van der Waals surface area contributed by atoms with Gasteiger partial charge in [0.05, 0.1) is 0 Å². The monoisotopic (exact) mass is 365 g/mol. The predicted octanol–water partition coefficient (Wildman–Crippen LogP) is 3.87. The van der Waals surface area contributed by atoms with Crippen LogP contribution in [0.1, 0.15) is 48.0 Å². The Morgan fingerprint density at radius 2 is 1.56 bits per heavy atom. The molecule has 4 heteroatoms. The molecular formula is C23H31N3O. The number of piperazine rings is 1. The molecule has 2 aromatic rings. The van der Waals surface area contributed by atoms with Crippen molar-refractivity contribution in [3.63, 3.8) is 0 Å². The molecule has 1 aromatic heterocycles. The largest absolute Gasteiger partial charge is 0.350 e. The number of aromatic nitrogens is 1. The molecule has 1 amide bonds. The van der Waals surface area contributed by atoms with Gasteiger partial charge in [0.15, 0.2) is 0 Å². The molecule has 4 rings (SSSR count). The van der Waals surface area contributed by atoms with E-state index in [9.17, 15) is 4.79 Å². The van der Waals surface area contributed by atoms with Crippen molar-refractivity contribution in [3.05, 3.63) is 59.9 Å². The fraction of sp³-hybridized carbons (Fsp3) is 0.522. The highest BCUT2D eigenvalue weighted by molar-refractivity contribution is 5.94. The van der Waals surface area contributed by atoms with Crippen LogP contribution in [0.25, 0.3) is 0 Å². The molecule has 27 heavy (non-hydrogen) atoms. The summed E-state index contributed by atoms with van der Waals surface area (Å²) < 4.78 is 2.14. The maximum Gasteiger partial charge on any atom is 0.253 e. The van der Waals surface area contributed by atoms with E-state index in [1.54, 1.807) is 0 Å². The summed E-state index contributed by atoms with van der Waals surface area (Å²) in [6, 6.07) is 12.2. The van der Waals surface area contributed by atoms with E-state index in [1.807, 2.05) is 29.2 Å². The zero-order chi connectivity index (χ0) is 18.5. The van der Waals surface area contributed by atoms with Crippen molar-refractivity contribution in [2.45, 2.75) is 38.6 Å². The minimum absolute atomic E-state index is 0.180. The van der Waals surface area contributed by atoms with Crippen molar-refractivity contribution in [3.8, 4) is 0 Å². The van der Waals surface area contributed by atoms with Gasteiger partial charge in [-0.15, -0.1) is 0 Å². The molecule has 1 aliphatic carbocycles. The van der Waals surface area contributed by atoms with Crippen LogP contribution in [0.5, 0.6) is 0 Å². The fourth-order valence-electron chi connectivity index (χ4n) is 4.49. The molecule has 0 N–H and O–H groups in total. The summed E-state index contributed by atoms with van der Waals surface area (Å²) in [5.74, 6) is 1.06. The van der Waals surface area contributed by atoms with Gasteiger partial charge in [0.1, 0.15) is 0 Å². The molecule has 0 spiro atoms. The van der Waals surface area contributed by atoms with Gasteiger partial charge >= 0.3 is 0 Å². The Morgan fingerprint density at radius 1 is 0.889 bits per heavy atom. The van der Waals surface area contributed by atoms with E-state index in [2.05, 4.69) is 34.0 Å². The number of carbonyl (C=O) groups is 1. The molecule has 0 bridgehead atoms. The van der Waals surface area contributed by atoms with Crippen molar-refractivity contribution in [1.29, 1.82) is 0 Å². The topological polar surface area (TPSA) is 28.5 Å². The molecule has 1 aromatic carbocycles. The highest BCUT2D eigenvalue weighted by Crippen LogP contribution is 2.25. The smallest absolute Gasteiger partial charge is 0.253 e. The van der Waals surface area contributed by atoms with Gasteiger partial charge in [-0.1, -0.05) is 31.4 Å². The molecule has 2 aliphatic rings. The van der Waals surface area contributed by atoms with Gasteiger partial charge in [0.2, 0.25) is 0 Å². The maximum absolute atomic E-state index is 12.8. The summed E-state index contributed by atoms with van der Waals surface area (Å²) in [7, 11) is 0. The van der Waals surface area contributed by atoms with Crippen LogP contribution in [0.4, 0.5) is 0 Å². The minimum Gasteiger partial charge on any atom is -0.350 e. The summed E-state index contributed by atoms with van der Waals surface area (Å²) in [4.78, 5) is 17.4. The van der Waals surface area contributed by atoms with Crippen molar-refractivity contribution in [1.82, 2.24) is 14.4 Å². The lowest BCUT2D eigenvalue weighted by atomic mass is 9.89. The molecule has 1 aliphatic heterocycles. The number of hydrogen-bond acceptors (Lipinski definition) is 2. The molecule has 0 unspecified atom stereocenters. The van der Waals surface area contributed by atoms with Gasteiger partial charge in [-0.05, 0) is 48.6 Å². The maximum atomic E-state index is 12.8. The first-order valence-corrected chi connectivity index (χ1v) is 10.5. The van der Waals surface area contributed by atoms with Gasteiger partial charge in [-0.2, -0.15) is 0 Å². The van der Waals surface area contributed by atoms with Crippen molar-refractivity contribution in [2.75, 3.05) is 32.7 Å². The zero-order valence-electron chi connectivity index (χ0n) is 16.2. The Hall–Kier alpha value is -2.07. The van der Waals surface area contributed by atoms with E-state index in [-0.39, 0.29) is 5.91 Å². The molecule has 0 atom stereocenters. The van der Waals surface area contributed by atoms with E-state index in [1.165, 1.54) is 44.2 Å². The third-order valence-corrected chi connectivity index (χ3v) is 6.13. The first kappa shape index (κ1) is 18.3. The van der Waals surface area contributed by atoms with Gasteiger partial charge in [-0.25, -0.2) is 0 Å². The summed E-state index contributed by atoms with van der Waals surface area (Å²) >= 11 is 0. The first-order chi connectivity index (χ1) is 13.3. The van der Waals surface area contributed by atoms with Gasteiger partial charge in [0, 0.05) is 57.2 Å². The highest BCUT2D eigenvalue weighted by Gasteiger charge is 2.24.